The molecule has 0 radical (unpaired) electrons. The summed E-state index contributed by atoms with van der Waals surface area (Å²) in [6.45, 7) is 3.42. The fourth-order valence-corrected chi connectivity index (χ4v) is 10.1. The number of esters is 1. The fourth-order valence-electron chi connectivity index (χ4n) is 10.1. The zero-order chi connectivity index (χ0) is 44.8. The van der Waals surface area contributed by atoms with E-state index in [4.69, 9.17) is 18.9 Å². The van der Waals surface area contributed by atoms with Gasteiger partial charge >= 0.3 is 12.1 Å². The molecule has 3 fully saturated rings. The molecule has 4 aromatic rings. The molecule has 4 aromatic carbocycles. The van der Waals surface area contributed by atoms with Crippen molar-refractivity contribution in [1.82, 2.24) is 10.2 Å². The minimum absolute atomic E-state index is 0.00497. The van der Waals surface area contributed by atoms with Gasteiger partial charge in [-0.3, -0.25) is 19.3 Å². The second-order valence-electron chi connectivity index (χ2n) is 16.6. The van der Waals surface area contributed by atoms with Gasteiger partial charge in [-0.25, -0.2) is 9.69 Å². The van der Waals surface area contributed by atoms with Crippen molar-refractivity contribution < 1.29 is 48.3 Å². The van der Waals surface area contributed by atoms with Crippen LogP contribution in [0.15, 0.2) is 116 Å². The molecule has 0 aromatic heterocycles. The van der Waals surface area contributed by atoms with Crippen LogP contribution >= 0.6 is 0 Å². The van der Waals surface area contributed by atoms with Crippen LogP contribution in [0.4, 0.5) is 10.5 Å². The summed E-state index contributed by atoms with van der Waals surface area (Å²) in [6, 6.07) is 27.4. The average Bonchev–Trinajstić information content (AvgIpc) is 3.65. The Bertz CT molecular complexity index is 2420. The van der Waals surface area contributed by atoms with Crippen LogP contribution in [0.3, 0.4) is 0 Å². The number of fused-ring (bicyclic) bond motifs is 3. The molecule has 3 heterocycles. The number of amides is 3. The van der Waals surface area contributed by atoms with Crippen molar-refractivity contribution in [3.05, 3.63) is 144 Å². The van der Waals surface area contributed by atoms with Crippen LogP contribution in [0.1, 0.15) is 84.5 Å². The quantitative estimate of drug-likeness (QED) is 0.0486. The first-order valence-electron chi connectivity index (χ1n) is 21.9. The van der Waals surface area contributed by atoms with Crippen LogP contribution in [0, 0.1) is 17.8 Å². The first-order chi connectivity index (χ1) is 31.2. The maximum absolute atomic E-state index is 16.2. The van der Waals surface area contributed by atoms with Crippen LogP contribution in [0.5, 0.6) is 5.75 Å². The van der Waals surface area contributed by atoms with Crippen LogP contribution in [-0.4, -0.2) is 90.7 Å². The third-order valence-corrected chi connectivity index (χ3v) is 12.8. The molecule has 0 bridgehead atoms. The smallest absolute Gasteiger partial charge is 0.421 e. The Balaban J connectivity index is 1.45. The SMILES string of the molecule is C=CCNC(=O)[C@H]1[C@@H]2C(=O)O[C@@H](c3ccccc3)[C@@H](c3ccccc3)N2[C@@H](c2cccc(OCCO)c2)[C@]12C(=O)N(C(=O)OCCOC)c1ccc(C#CC3(O)CCCCCC3)cc12. The molecule has 0 unspecified atom stereocenters. The highest BCUT2D eigenvalue weighted by Crippen LogP contribution is 2.66. The molecular formula is C51H53N3O10. The zero-order valence-corrected chi connectivity index (χ0v) is 35.8. The number of cyclic esters (lactones) is 1. The van der Waals surface area contributed by atoms with Crippen molar-refractivity contribution >= 4 is 29.6 Å². The first kappa shape index (κ1) is 44.3. The second-order valence-corrected chi connectivity index (χ2v) is 16.6. The number of hydrogen-bond donors (Lipinski definition) is 3. The Hall–Kier alpha value is -6.30. The minimum Gasteiger partial charge on any atom is -0.491 e. The number of morpholine rings is 1. The fraction of sp³-hybridized carbons (Fsp3) is 0.373. The van der Waals surface area contributed by atoms with Crippen LogP contribution in [0.25, 0.3) is 0 Å². The van der Waals surface area contributed by atoms with E-state index in [1.165, 1.54) is 13.2 Å². The molecule has 1 saturated carbocycles. The number of aliphatic hydroxyl groups excluding tert-OH is 1. The standard InChI is InChI=1S/C51H53N3O10/c1-3-27-52-46(56)41-43-47(57)64-44(36-17-10-7-11-18-36)42(35-15-8-6-9-16-35)54(43)45(37-19-14-20-38(33-37)62-29-28-55)51(41)39-32-34(23-26-50(60)24-12-4-5-13-25-50)21-22-40(39)53(48(51)58)49(59)63-31-30-61-2/h3,6-11,14-22,32-33,41-45,55,60H,1,4-5,12-13,24-25,27-31H2,2H3,(H,52,56)/t41-,42-,43-,44+,45+,51-/m1/s1. The molecule has 13 heteroatoms. The van der Waals surface area contributed by atoms with Gasteiger partial charge in [0.2, 0.25) is 11.8 Å². The number of nitrogens with one attached hydrogen (secondary N) is 1. The highest BCUT2D eigenvalue weighted by atomic mass is 16.6. The normalized spacial score (nSPS) is 24.7. The van der Waals surface area contributed by atoms with Crippen molar-refractivity contribution in [3.63, 3.8) is 0 Å². The van der Waals surface area contributed by atoms with E-state index < -0.39 is 65.0 Å². The van der Waals surface area contributed by atoms with E-state index in [2.05, 4.69) is 23.7 Å². The number of carbonyl (C=O) groups is 4. The molecule has 3 amide bonds. The van der Waals surface area contributed by atoms with E-state index in [0.29, 0.717) is 35.3 Å². The van der Waals surface area contributed by atoms with E-state index in [1.807, 2.05) is 65.6 Å². The number of carbonyl (C=O) groups excluding carboxylic acids is 4. The zero-order valence-electron chi connectivity index (χ0n) is 35.8. The predicted octanol–water partition coefficient (Wildman–Crippen LogP) is 6.25. The number of benzene rings is 4. The van der Waals surface area contributed by atoms with Crippen LogP contribution in [-0.2, 0) is 34.0 Å². The van der Waals surface area contributed by atoms with E-state index in [9.17, 15) is 15.0 Å². The molecule has 64 heavy (non-hydrogen) atoms. The number of ether oxygens (including phenoxy) is 4. The number of nitrogens with zero attached hydrogens (tertiary/aromatic N) is 2. The van der Waals surface area contributed by atoms with Crippen LogP contribution in [0.2, 0.25) is 0 Å². The number of anilines is 1. The lowest BCUT2D eigenvalue weighted by atomic mass is 9.65. The Kier molecular flexibility index (Phi) is 13.3. The molecule has 1 spiro atoms. The topological polar surface area (TPSA) is 164 Å². The van der Waals surface area contributed by atoms with Crippen molar-refractivity contribution in [2.75, 3.05) is 45.0 Å². The lowest BCUT2D eigenvalue weighted by molar-refractivity contribution is -0.178. The van der Waals surface area contributed by atoms with Gasteiger partial charge in [0, 0.05) is 19.2 Å². The summed E-state index contributed by atoms with van der Waals surface area (Å²) in [5.41, 5.74) is -0.520. The summed E-state index contributed by atoms with van der Waals surface area (Å²) < 4.78 is 23.3. The van der Waals surface area contributed by atoms with E-state index in [-0.39, 0.29) is 44.2 Å². The van der Waals surface area contributed by atoms with Gasteiger partial charge in [-0.05, 0) is 78.3 Å². The second kappa shape index (κ2) is 19.2. The lowest BCUT2D eigenvalue weighted by Crippen LogP contribution is -2.55. The van der Waals surface area contributed by atoms with Gasteiger partial charge in [-0.1, -0.05) is 104 Å². The van der Waals surface area contributed by atoms with Gasteiger partial charge in [0.05, 0.1) is 36.9 Å². The molecule has 1 aliphatic carbocycles. The molecule has 4 aliphatic rings. The van der Waals surface area contributed by atoms with E-state index in [1.54, 1.807) is 42.5 Å². The minimum atomic E-state index is -2.05. The largest absolute Gasteiger partial charge is 0.491 e. The molecule has 13 nitrogen and oxygen atoms in total. The van der Waals surface area contributed by atoms with Crippen molar-refractivity contribution in [3.8, 4) is 17.6 Å². The van der Waals surface area contributed by atoms with Gasteiger partial charge in [0.1, 0.15) is 42.1 Å². The monoisotopic (exact) mass is 867 g/mol. The third-order valence-electron chi connectivity index (χ3n) is 12.8. The van der Waals surface area contributed by atoms with E-state index >= 15 is 14.4 Å². The summed E-state index contributed by atoms with van der Waals surface area (Å²) in [5, 5.41) is 24.3. The molecule has 2 saturated heterocycles. The van der Waals surface area contributed by atoms with Crippen molar-refractivity contribution in [2.45, 2.75) is 73.8 Å². The summed E-state index contributed by atoms with van der Waals surface area (Å²) in [7, 11) is 1.46. The Labute approximate surface area is 373 Å². The average molecular weight is 868 g/mol. The molecule has 3 aliphatic heterocycles. The first-order valence-corrected chi connectivity index (χ1v) is 21.9. The summed E-state index contributed by atoms with van der Waals surface area (Å²) in [4.78, 5) is 63.9. The Morgan fingerprint density at radius 2 is 1.58 bits per heavy atom. The maximum Gasteiger partial charge on any atom is 0.421 e. The van der Waals surface area contributed by atoms with Crippen LogP contribution < -0.4 is 15.0 Å². The van der Waals surface area contributed by atoms with Gasteiger partial charge in [-0.15, -0.1) is 6.58 Å². The van der Waals surface area contributed by atoms with Gasteiger partial charge in [0.25, 0.3) is 0 Å². The Morgan fingerprint density at radius 1 is 0.875 bits per heavy atom. The molecule has 8 rings (SSSR count). The number of aliphatic hydroxyl groups is 2. The third kappa shape index (κ3) is 8.18. The number of imide groups is 1. The van der Waals surface area contributed by atoms with Crippen molar-refractivity contribution in [2.24, 2.45) is 5.92 Å². The predicted molar refractivity (Wildman–Crippen MR) is 237 cm³/mol. The molecule has 332 valence electrons. The highest BCUT2D eigenvalue weighted by Gasteiger charge is 2.75. The number of methoxy groups -OCH3 is 1. The summed E-state index contributed by atoms with van der Waals surface area (Å²) in [6.07, 6.45) is 4.28. The number of rotatable bonds is 12. The molecule has 6 atom stereocenters. The highest BCUT2D eigenvalue weighted by molar-refractivity contribution is 6.23. The molecule has 3 N–H and O–H groups in total. The van der Waals surface area contributed by atoms with Gasteiger partial charge in [-0.2, -0.15) is 0 Å². The summed E-state index contributed by atoms with van der Waals surface area (Å²) >= 11 is 0. The van der Waals surface area contributed by atoms with Crippen molar-refractivity contribution in [1.29, 1.82) is 0 Å². The van der Waals surface area contributed by atoms with Gasteiger partial charge < -0.3 is 34.5 Å². The molecular weight excluding hydrogens is 815 g/mol. The lowest BCUT2D eigenvalue weighted by Gasteiger charge is -2.46. The Morgan fingerprint density at radius 3 is 2.27 bits per heavy atom. The van der Waals surface area contributed by atoms with E-state index in [0.717, 1.165) is 36.1 Å². The maximum atomic E-state index is 16.2. The summed E-state index contributed by atoms with van der Waals surface area (Å²) in [5.74, 6) is 2.99. The number of hydrogen-bond acceptors (Lipinski definition) is 11. The van der Waals surface area contributed by atoms with Gasteiger partial charge in [0.15, 0.2) is 0 Å².